The van der Waals surface area contributed by atoms with Gasteiger partial charge in [0.15, 0.2) is 4.90 Å². The van der Waals surface area contributed by atoms with Crippen molar-refractivity contribution in [1.82, 2.24) is 9.78 Å². The quantitative estimate of drug-likeness (QED) is 0.501. The molecule has 1 atom stereocenters. The summed E-state index contributed by atoms with van der Waals surface area (Å²) in [6.07, 6.45) is 1.24. The maximum atomic E-state index is 13.7. The molecule has 0 saturated heterocycles. The fourth-order valence-electron chi connectivity index (χ4n) is 3.13. The van der Waals surface area contributed by atoms with Crippen molar-refractivity contribution in [3.05, 3.63) is 28.9 Å². The number of aryl methyl sites for hydroxylation is 1. The molecule has 1 aromatic carbocycles. The third kappa shape index (κ3) is 5.13. The number of anilines is 1. The molecule has 10 nitrogen and oxygen atoms in total. The fraction of sp³-hybridized carbons (Fsp3) is 0.474. The molecule has 0 fully saturated rings. The zero-order chi connectivity index (χ0) is 22.6. The van der Waals surface area contributed by atoms with Crippen molar-refractivity contribution in [2.75, 3.05) is 31.2 Å². The number of benzene rings is 1. The number of halogens is 1. The maximum Gasteiger partial charge on any atom is 0.305 e. The van der Waals surface area contributed by atoms with Crippen LogP contribution in [0.2, 0.25) is 0 Å². The Hall–Kier alpha value is -2.31. The molecule has 1 aliphatic heterocycles. The fourth-order valence-corrected chi connectivity index (χ4v) is 5.06. The molecule has 0 unspecified atom stereocenters. The summed E-state index contributed by atoms with van der Waals surface area (Å²) in [5, 5.41) is 13.2. The van der Waals surface area contributed by atoms with Gasteiger partial charge in [0.05, 0.1) is 25.9 Å². The van der Waals surface area contributed by atoms with E-state index in [1.165, 1.54) is 22.3 Å². The predicted octanol–water partition coefficient (Wildman–Crippen LogP) is 1.95. The molecule has 2 aromatic rings. The molecule has 0 spiro atoms. The largest absolute Gasteiger partial charge is 0.486 e. The average Bonchev–Trinajstić information content (AvgIpc) is 3.19. The Kier molecular flexibility index (Phi) is 7.44. The topological polar surface area (TPSA) is 120 Å². The summed E-state index contributed by atoms with van der Waals surface area (Å²) < 4.78 is 46.8. The minimum Gasteiger partial charge on any atom is -0.486 e. The molecule has 0 aliphatic carbocycles. The molecule has 1 N–H and O–H groups in total. The van der Waals surface area contributed by atoms with Crippen molar-refractivity contribution in [3.63, 3.8) is 0 Å². The molecule has 3 rings (SSSR count). The van der Waals surface area contributed by atoms with Crippen LogP contribution < -0.4 is 13.8 Å². The Balaban J connectivity index is 2.01. The van der Waals surface area contributed by atoms with Gasteiger partial charge in [-0.15, -0.1) is 5.10 Å². The van der Waals surface area contributed by atoms with Gasteiger partial charge in [-0.2, -0.15) is 0 Å². The van der Waals surface area contributed by atoms with Gasteiger partial charge in [0.1, 0.15) is 18.5 Å². The van der Waals surface area contributed by atoms with Crippen LogP contribution >= 0.6 is 15.9 Å². The highest BCUT2D eigenvalue weighted by Crippen LogP contribution is 2.40. The minimum atomic E-state index is -4.09. The van der Waals surface area contributed by atoms with Crippen molar-refractivity contribution in [3.8, 4) is 11.6 Å². The van der Waals surface area contributed by atoms with E-state index in [2.05, 4.69) is 25.8 Å². The highest BCUT2D eigenvalue weighted by molar-refractivity contribution is 9.10. The van der Waals surface area contributed by atoms with Crippen LogP contribution in [0, 0.1) is 0 Å². The zero-order valence-corrected chi connectivity index (χ0v) is 19.6. The molecular formula is C19H24BrN3O7S. The lowest BCUT2D eigenvalue weighted by Gasteiger charge is -2.35. The number of carbonyl (C=O) groups is 1. The van der Waals surface area contributed by atoms with E-state index >= 15 is 0 Å². The van der Waals surface area contributed by atoms with E-state index in [0.29, 0.717) is 22.5 Å². The Morgan fingerprint density at radius 2 is 2.19 bits per heavy atom. The van der Waals surface area contributed by atoms with Crippen LogP contribution in [0.4, 0.5) is 5.69 Å². The average molecular weight is 518 g/mol. The second-order valence-corrected chi connectivity index (χ2v) is 9.48. The summed E-state index contributed by atoms with van der Waals surface area (Å²) in [6, 6.07) is 5.07. The summed E-state index contributed by atoms with van der Waals surface area (Å²) in [6.45, 7) is 1.90. The van der Waals surface area contributed by atoms with Gasteiger partial charge in [-0.25, -0.2) is 8.42 Å². The van der Waals surface area contributed by atoms with Crippen molar-refractivity contribution in [1.29, 1.82) is 0 Å². The number of aromatic nitrogens is 2. The number of fused-ring (bicyclic) bond motifs is 1. The number of rotatable bonds is 9. The van der Waals surface area contributed by atoms with Crippen LogP contribution in [0.3, 0.4) is 0 Å². The first-order valence-corrected chi connectivity index (χ1v) is 11.9. The summed E-state index contributed by atoms with van der Waals surface area (Å²) >= 11 is 3.37. The van der Waals surface area contributed by atoms with Gasteiger partial charge in [0.2, 0.25) is 0 Å². The van der Waals surface area contributed by atoms with Crippen LogP contribution in [0.5, 0.6) is 11.6 Å². The summed E-state index contributed by atoms with van der Waals surface area (Å²) in [5.41, 5.74) is 0.362. The predicted molar refractivity (Wildman–Crippen MR) is 115 cm³/mol. The third-order valence-corrected chi connectivity index (χ3v) is 6.92. The van der Waals surface area contributed by atoms with Crippen LogP contribution in [0.15, 0.2) is 33.8 Å². The van der Waals surface area contributed by atoms with Gasteiger partial charge >= 0.3 is 5.97 Å². The molecule has 12 heteroatoms. The number of ether oxygens (including phenoxy) is 3. The standard InChI is InChI=1S/C19H24BrN3O7S/c1-3-22-12-17(19(21-22)29-9-8-24)31(26,27)23-11-14(5-7-18(25)28-2)30-16-6-4-13(20)10-15(16)23/h4,6,10,12,14,24H,3,5,7-9,11H2,1-2H3/t14-/m0/s1. The number of sulfonamides is 1. The lowest BCUT2D eigenvalue weighted by Crippen LogP contribution is -2.43. The number of carbonyl (C=O) groups excluding carboxylic acids is 1. The number of aliphatic hydroxyl groups excluding tert-OH is 1. The number of hydrogen-bond donors (Lipinski definition) is 1. The van der Waals surface area contributed by atoms with E-state index < -0.39 is 22.1 Å². The molecule has 2 heterocycles. The Bertz CT molecular complexity index is 1040. The SMILES string of the molecule is CCn1cc(S(=O)(=O)N2C[C@H](CCC(=O)OC)Oc3ccc(Br)cc32)c(OCCO)n1. The smallest absolute Gasteiger partial charge is 0.305 e. The van der Waals surface area contributed by atoms with Gasteiger partial charge in [-0.1, -0.05) is 15.9 Å². The normalized spacial score (nSPS) is 15.9. The lowest BCUT2D eigenvalue weighted by molar-refractivity contribution is -0.141. The van der Waals surface area contributed by atoms with Crippen LogP contribution in [0.1, 0.15) is 19.8 Å². The second-order valence-electron chi connectivity index (χ2n) is 6.73. The lowest BCUT2D eigenvalue weighted by atomic mass is 10.1. The highest BCUT2D eigenvalue weighted by Gasteiger charge is 2.37. The van der Waals surface area contributed by atoms with E-state index in [4.69, 9.17) is 14.6 Å². The number of hydrogen-bond acceptors (Lipinski definition) is 8. The van der Waals surface area contributed by atoms with E-state index in [0.717, 1.165) is 0 Å². The monoisotopic (exact) mass is 517 g/mol. The molecule has 0 saturated carbocycles. The highest BCUT2D eigenvalue weighted by atomic mass is 79.9. The Morgan fingerprint density at radius 3 is 2.87 bits per heavy atom. The molecule has 0 radical (unpaired) electrons. The maximum absolute atomic E-state index is 13.7. The van der Waals surface area contributed by atoms with E-state index in [-0.39, 0.29) is 43.4 Å². The number of methoxy groups -OCH3 is 1. The van der Waals surface area contributed by atoms with Crippen molar-refractivity contribution < 1.29 is 32.5 Å². The molecule has 1 aliphatic rings. The summed E-state index contributed by atoms with van der Waals surface area (Å²) in [5.74, 6) is -0.0952. The molecule has 1 aromatic heterocycles. The van der Waals surface area contributed by atoms with Crippen molar-refractivity contribution in [2.24, 2.45) is 0 Å². The first kappa shape index (κ1) is 23.4. The van der Waals surface area contributed by atoms with E-state index in [1.54, 1.807) is 18.2 Å². The first-order valence-electron chi connectivity index (χ1n) is 9.67. The third-order valence-electron chi connectivity index (χ3n) is 4.67. The molecule has 170 valence electrons. The summed E-state index contributed by atoms with van der Waals surface area (Å²) in [7, 11) is -2.79. The molecular weight excluding hydrogens is 494 g/mol. The molecule has 0 bridgehead atoms. The van der Waals surface area contributed by atoms with Gasteiger partial charge < -0.3 is 19.3 Å². The first-order chi connectivity index (χ1) is 14.8. The summed E-state index contributed by atoms with van der Waals surface area (Å²) in [4.78, 5) is 11.5. The second kappa shape index (κ2) is 9.88. The van der Waals surface area contributed by atoms with Crippen molar-refractivity contribution >= 4 is 37.6 Å². The zero-order valence-electron chi connectivity index (χ0n) is 17.2. The van der Waals surface area contributed by atoms with Gasteiger partial charge in [0.25, 0.3) is 15.9 Å². The van der Waals surface area contributed by atoms with Crippen LogP contribution in [-0.2, 0) is 26.1 Å². The van der Waals surface area contributed by atoms with Gasteiger partial charge in [0, 0.05) is 23.6 Å². The van der Waals surface area contributed by atoms with Gasteiger partial charge in [-0.05, 0) is 31.5 Å². The minimum absolute atomic E-state index is 0.000470. The number of aliphatic hydroxyl groups is 1. The van der Waals surface area contributed by atoms with Crippen LogP contribution in [0.25, 0.3) is 0 Å². The molecule has 0 amide bonds. The van der Waals surface area contributed by atoms with E-state index in [9.17, 15) is 13.2 Å². The Labute approximate surface area is 188 Å². The molecule has 31 heavy (non-hydrogen) atoms. The number of nitrogens with zero attached hydrogens (tertiary/aromatic N) is 3. The van der Waals surface area contributed by atoms with E-state index in [1.807, 2.05) is 6.92 Å². The van der Waals surface area contributed by atoms with Crippen molar-refractivity contribution in [2.45, 2.75) is 37.3 Å². The number of esters is 1. The van der Waals surface area contributed by atoms with Gasteiger partial charge in [-0.3, -0.25) is 13.8 Å². The Morgan fingerprint density at radius 1 is 1.42 bits per heavy atom. The van der Waals surface area contributed by atoms with Crippen LogP contribution in [-0.4, -0.2) is 62.2 Å².